The lowest BCUT2D eigenvalue weighted by atomic mass is 10.3. The maximum absolute atomic E-state index is 10.7. The number of ether oxygens (including phenoxy) is 2. The van der Waals surface area contributed by atoms with Crippen LogP contribution in [0.4, 0.5) is 0 Å². The van der Waals surface area contributed by atoms with Crippen molar-refractivity contribution in [3.63, 3.8) is 0 Å². The maximum Gasteiger partial charge on any atom is 0.330 e. The van der Waals surface area contributed by atoms with E-state index in [0.717, 1.165) is 25.0 Å². The Morgan fingerprint density at radius 2 is 1.60 bits per heavy atom. The van der Waals surface area contributed by atoms with Crippen molar-refractivity contribution in [1.82, 2.24) is 0 Å². The lowest BCUT2D eigenvalue weighted by molar-refractivity contribution is -0.144. The second kappa shape index (κ2) is 15.4. The molecule has 0 aliphatic rings. The number of carbonyl (C=O) groups excluding carboxylic acids is 2. The summed E-state index contributed by atoms with van der Waals surface area (Å²) in [6.07, 6.45) is 3.77. The van der Waals surface area contributed by atoms with Crippen molar-refractivity contribution in [1.29, 1.82) is 0 Å². The van der Waals surface area contributed by atoms with E-state index in [1.165, 1.54) is 0 Å². The topological polar surface area (TPSA) is 93.1 Å². The van der Waals surface area contributed by atoms with Gasteiger partial charge in [-0.2, -0.15) is 0 Å². The molecule has 0 aliphatic heterocycles. The smallest absolute Gasteiger partial charge is 0.330 e. The van der Waals surface area contributed by atoms with Crippen molar-refractivity contribution in [3.8, 4) is 0 Å². The Balaban J connectivity index is 0. The van der Waals surface area contributed by atoms with Crippen LogP contribution in [0.5, 0.6) is 0 Å². The van der Waals surface area contributed by atoms with E-state index < -0.39 is 11.9 Å². The van der Waals surface area contributed by atoms with E-state index in [-0.39, 0.29) is 25.9 Å². The zero-order valence-electron chi connectivity index (χ0n) is 11.9. The van der Waals surface area contributed by atoms with Gasteiger partial charge >= 0.3 is 11.9 Å². The molecule has 0 heterocycles. The van der Waals surface area contributed by atoms with E-state index in [1.807, 2.05) is 0 Å². The number of aliphatic hydroxyl groups is 2. The monoisotopic (exact) mass is 288 g/mol. The second-order valence-corrected chi connectivity index (χ2v) is 3.77. The van der Waals surface area contributed by atoms with Crippen LogP contribution in [0.3, 0.4) is 0 Å². The van der Waals surface area contributed by atoms with Gasteiger partial charge in [0.05, 0.1) is 6.61 Å². The van der Waals surface area contributed by atoms with Gasteiger partial charge < -0.3 is 19.7 Å². The highest BCUT2D eigenvalue weighted by atomic mass is 16.6. The van der Waals surface area contributed by atoms with E-state index in [2.05, 4.69) is 13.2 Å². The lowest BCUT2D eigenvalue weighted by Gasteiger charge is -2.11. The van der Waals surface area contributed by atoms with E-state index in [1.54, 1.807) is 6.92 Å². The van der Waals surface area contributed by atoms with Crippen molar-refractivity contribution < 1.29 is 29.3 Å². The predicted molar refractivity (Wildman–Crippen MR) is 74.9 cm³/mol. The summed E-state index contributed by atoms with van der Waals surface area (Å²) in [6, 6.07) is 0. The molecule has 0 saturated heterocycles. The van der Waals surface area contributed by atoms with Gasteiger partial charge in [0.1, 0.15) is 6.10 Å². The molecule has 0 spiro atoms. The quantitative estimate of drug-likeness (QED) is 0.373. The number of carbonyl (C=O) groups is 2. The molecule has 0 fully saturated rings. The van der Waals surface area contributed by atoms with Crippen molar-refractivity contribution in [2.24, 2.45) is 0 Å². The summed E-state index contributed by atoms with van der Waals surface area (Å²) in [4.78, 5) is 21.3. The van der Waals surface area contributed by atoms with Crippen LogP contribution in [0, 0.1) is 0 Å². The first-order chi connectivity index (χ1) is 9.51. The third-order valence-corrected chi connectivity index (χ3v) is 1.99. The fourth-order valence-corrected chi connectivity index (χ4v) is 0.913. The van der Waals surface area contributed by atoms with Crippen LogP contribution in [0.1, 0.15) is 26.2 Å². The number of unbranched alkanes of at least 4 members (excludes halogenated alkanes) is 1. The molecule has 2 N–H and O–H groups in total. The molecule has 0 bridgehead atoms. The van der Waals surface area contributed by atoms with Crippen LogP contribution in [-0.4, -0.2) is 48.1 Å². The number of rotatable bonds is 9. The number of hydrogen-bond donors (Lipinski definition) is 2. The summed E-state index contributed by atoms with van der Waals surface area (Å²) in [6.45, 7) is 8.82. The zero-order chi connectivity index (χ0) is 15.8. The molecule has 0 aromatic heterocycles. The minimum absolute atomic E-state index is 0.195. The van der Waals surface area contributed by atoms with Gasteiger partial charge in [0.2, 0.25) is 0 Å². The SMILES string of the molecule is C=CC(=O)OCCC(C)OC(=O)C=C.OCCCCO. The summed E-state index contributed by atoms with van der Waals surface area (Å²) >= 11 is 0. The predicted octanol–water partition coefficient (Wildman–Crippen LogP) is 0.975. The molecule has 6 heteroatoms. The van der Waals surface area contributed by atoms with Crippen molar-refractivity contribution >= 4 is 11.9 Å². The molecule has 116 valence electrons. The van der Waals surface area contributed by atoms with Gasteiger partial charge in [-0.05, 0) is 19.8 Å². The summed E-state index contributed by atoms with van der Waals surface area (Å²) in [5, 5.41) is 16.2. The minimum Gasteiger partial charge on any atom is -0.462 e. The minimum atomic E-state index is -0.479. The highest BCUT2D eigenvalue weighted by Gasteiger charge is 2.06. The van der Waals surface area contributed by atoms with Gasteiger partial charge in [0.25, 0.3) is 0 Å². The first kappa shape index (κ1) is 20.7. The van der Waals surface area contributed by atoms with E-state index >= 15 is 0 Å². The molecule has 0 rings (SSSR count). The molecule has 1 unspecified atom stereocenters. The normalized spacial score (nSPS) is 10.6. The van der Waals surface area contributed by atoms with E-state index in [0.29, 0.717) is 6.42 Å². The average Bonchev–Trinajstić information content (AvgIpc) is 2.45. The Bertz CT molecular complexity index is 283. The van der Waals surface area contributed by atoms with Gasteiger partial charge in [-0.25, -0.2) is 9.59 Å². The van der Waals surface area contributed by atoms with Crippen molar-refractivity contribution in [2.45, 2.75) is 32.3 Å². The van der Waals surface area contributed by atoms with E-state index in [4.69, 9.17) is 19.7 Å². The lowest BCUT2D eigenvalue weighted by Crippen LogP contribution is -2.16. The molecule has 0 aromatic rings. The molecule has 0 aromatic carbocycles. The van der Waals surface area contributed by atoms with Gasteiger partial charge in [0, 0.05) is 31.8 Å². The fraction of sp³-hybridized carbons (Fsp3) is 0.571. The third kappa shape index (κ3) is 16.3. The Morgan fingerprint density at radius 1 is 1.10 bits per heavy atom. The van der Waals surface area contributed by atoms with Gasteiger partial charge in [-0.15, -0.1) is 0 Å². The summed E-state index contributed by atoms with van der Waals surface area (Å²) in [5.41, 5.74) is 0. The van der Waals surface area contributed by atoms with Gasteiger partial charge in [-0.3, -0.25) is 0 Å². The van der Waals surface area contributed by atoms with Crippen LogP contribution in [0.2, 0.25) is 0 Å². The highest BCUT2D eigenvalue weighted by molar-refractivity contribution is 5.81. The van der Waals surface area contributed by atoms with Crippen LogP contribution in [-0.2, 0) is 19.1 Å². The maximum atomic E-state index is 10.7. The Labute approximate surface area is 119 Å². The molecule has 0 radical (unpaired) electrons. The number of hydrogen-bond acceptors (Lipinski definition) is 6. The molecular weight excluding hydrogens is 264 g/mol. The first-order valence-electron chi connectivity index (χ1n) is 6.35. The van der Waals surface area contributed by atoms with Crippen LogP contribution >= 0.6 is 0 Å². The van der Waals surface area contributed by atoms with Crippen molar-refractivity contribution in [2.75, 3.05) is 19.8 Å². The van der Waals surface area contributed by atoms with Crippen LogP contribution < -0.4 is 0 Å². The van der Waals surface area contributed by atoms with Crippen LogP contribution in [0.25, 0.3) is 0 Å². The Morgan fingerprint density at radius 3 is 2.00 bits per heavy atom. The van der Waals surface area contributed by atoms with Gasteiger partial charge in [0.15, 0.2) is 0 Å². The van der Waals surface area contributed by atoms with Gasteiger partial charge in [-0.1, -0.05) is 13.2 Å². The molecule has 20 heavy (non-hydrogen) atoms. The first-order valence-corrected chi connectivity index (χ1v) is 6.35. The largest absolute Gasteiger partial charge is 0.462 e. The Hall–Kier alpha value is -1.66. The molecule has 6 nitrogen and oxygen atoms in total. The van der Waals surface area contributed by atoms with E-state index in [9.17, 15) is 9.59 Å². The molecule has 1 atom stereocenters. The zero-order valence-corrected chi connectivity index (χ0v) is 11.9. The second-order valence-electron chi connectivity index (χ2n) is 3.77. The molecule has 0 aliphatic carbocycles. The third-order valence-electron chi connectivity index (χ3n) is 1.99. The summed E-state index contributed by atoms with van der Waals surface area (Å²) in [7, 11) is 0. The number of esters is 2. The molecule has 0 amide bonds. The molecule has 0 saturated carbocycles. The average molecular weight is 288 g/mol. The summed E-state index contributed by atoms with van der Waals surface area (Å²) in [5.74, 6) is -0.959. The molecular formula is C14H24O6. The highest BCUT2D eigenvalue weighted by Crippen LogP contribution is 1.99. The fourth-order valence-electron chi connectivity index (χ4n) is 0.913. The van der Waals surface area contributed by atoms with Crippen molar-refractivity contribution in [3.05, 3.63) is 25.3 Å². The number of aliphatic hydroxyl groups excluding tert-OH is 2. The standard InChI is InChI=1S/C10H14O4.C4H10O2/c1-4-9(11)13-7-6-8(3)14-10(12)5-2;5-3-1-2-4-6/h4-5,8H,1-2,6-7H2,3H3;5-6H,1-4H2. The Kier molecular flexibility index (Phi) is 15.9. The van der Waals surface area contributed by atoms with Crippen LogP contribution in [0.15, 0.2) is 25.3 Å². The summed E-state index contributed by atoms with van der Waals surface area (Å²) < 4.78 is 9.54.